The van der Waals surface area contributed by atoms with E-state index in [1.807, 2.05) is 18.7 Å². The van der Waals surface area contributed by atoms with Crippen molar-refractivity contribution in [3.63, 3.8) is 0 Å². The lowest BCUT2D eigenvalue weighted by atomic mass is 9.88. The summed E-state index contributed by atoms with van der Waals surface area (Å²) in [6, 6.07) is 2.92. The van der Waals surface area contributed by atoms with Gasteiger partial charge in [0, 0.05) is 25.2 Å². The number of rotatable bonds is 4. The highest BCUT2D eigenvalue weighted by atomic mass is 19.1. The van der Waals surface area contributed by atoms with E-state index in [0.717, 1.165) is 19.3 Å². The average molecular weight is 360 g/mol. The Kier molecular flexibility index (Phi) is 3.95. The second-order valence-corrected chi connectivity index (χ2v) is 8.39. The van der Waals surface area contributed by atoms with Crippen LogP contribution in [0.25, 0.3) is 10.9 Å². The summed E-state index contributed by atoms with van der Waals surface area (Å²) in [4.78, 5) is 28.7. The number of hydrogen-bond acceptors (Lipinski definition) is 4. The predicted molar refractivity (Wildman–Crippen MR) is 100 cm³/mol. The summed E-state index contributed by atoms with van der Waals surface area (Å²) in [6.07, 6.45) is 3.06. The number of benzene rings is 1. The Morgan fingerprint density at radius 2 is 2.00 bits per heavy atom. The molecule has 7 heteroatoms. The van der Waals surface area contributed by atoms with Gasteiger partial charge in [0.2, 0.25) is 0 Å². The van der Waals surface area contributed by atoms with Crippen molar-refractivity contribution in [2.75, 3.05) is 18.0 Å². The van der Waals surface area contributed by atoms with Gasteiger partial charge in [-0.25, -0.2) is 9.18 Å². The number of nitrogens with zero attached hydrogens (tertiary/aromatic N) is 2. The molecule has 2 heterocycles. The van der Waals surface area contributed by atoms with E-state index in [9.17, 15) is 14.0 Å². The van der Waals surface area contributed by atoms with E-state index in [4.69, 9.17) is 5.73 Å². The largest absolute Gasteiger partial charge is 0.369 e. The number of aromatic amines is 1. The summed E-state index contributed by atoms with van der Waals surface area (Å²) in [7, 11) is 0. The molecule has 6 nitrogen and oxygen atoms in total. The first-order chi connectivity index (χ1) is 12.2. The Hall–Kier alpha value is -2.15. The molecule has 1 unspecified atom stereocenters. The molecule has 3 N–H and O–H groups in total. The molecule has 2 aromatic rings. The molecule has 4 rings (SSSR count). The molecule has 1 atom stereocenters. The fourth-order valence-corrected chi connectivity index (χ4v) is 3.87. The second-order valence-electron chi connectivity index (χ2n) is 8.39. The monoisotopic (exact) mass is 360 g/mol. The third-order valence-electron chi connectivity index (χ3n) is 5.79. The molecule has 26 heavy (non-hydrogen) atoms. The summed E-state index contributed by atoms with van der Waals surface area (Å²) >= 11 is 0. The number of H-pyrrole nitrogens is 1. The van der Waals surface area contributed by atoms with E-state index in [-0.39, 0.29) is 16.8 Å². The van der Waals surface area contributed by atoms with Crippen LogP contribution >= 0.6 is 0 Å². The Labute approximate surface area is 150 Å². The topological polar surface area (TPSA) is 84.1 Å². The molecule has 1 saturated heterocycles. The van der Waals surface area contributed by atoms with Crippen LogP contribution in [0.3, 0.4) is 0 Å². The first-order valence-corrected chi connectivity index (χ1v) is 9.24. The predicted octanol–water partition coefficient (Wildman–Crippen LogP) is 1.80. The van der Waals surface area contributed by atoms with E-state index in [1.54, 1.807) is 10.6 Å². The van der Waals surface area contributed by atoms with Gasteiger partial charge in [0.05, 0.1) is 16.6 Å². The lowest BCUT2D eigenvalue weighted by molar-refractivity contribution is 0.348. The van der Waals surface area contributed by atoms with Crippen LogP contribution in [0.15, 0.2) is 21.7 Å². The SMILES string of the molecule is CC(C)(N)C1CCN(c2cc3c(cc2F)c(=O)[nH]c(=O)n3CC2CC2)C1. The zero-order valence-electron chi connectivity index (χ0n) is 15.2. The van der Waals surface area contributed by atoms with Gasteiger partial charge in [0.1, 0.15) is 5.82 Å². The van der Waals surface area contributed by atoms with Crippen LogP contribution in [0, 0.1) is 17.7 Å². The molecule has 1 aromatic carbocycles. The highest BCUT2D eigenvalue weighted by Crippen LogP contribution is 2.34. The van der Waals surface area contributed by atoms with Crippen molar-refractivity contribution in [1.82, 2.24) is 9.55 Å². The van der Waals surface area contributed by atoms with Crippen LogP contribution < -0.4 is 21.9 Å². The van der Waals surface area contributed by atoms with Crippen molar-refractivity contribution < 1.29 is 4.39 Å². The first-order valence-electron chi connectivity index (χ1n) is 9.24. The zero-order chi connectivity index (χ0) is 18.6. The van der Waals surface area contributed by atoms with Gasteiger partial charge in [0.25, 0.3) is 5.56 Å². The molecular formula is C19H25FN4O2. The number of fused-ring (bicyclic) bond motifs is 1. The van der Waals surface area contributed by atoms with Crippen molar-refractivity contribution >= 4 is 16.6 Å². The standard InChI is InChI=1S/C19H25FN4O2/c1-19(2,21)12-5-6-23(10-12)16-8-15-13(7-14(16)20)17(25)22-18(26)24(15)9-11-3-4-11/h7-8,11-12H,3-6,9-10,21H2,1-2H3,(H,22,25,26). The van der Waals surface area contributed by atoms with Crippen molar-refractivity contribution in [1.29, 1.82) is 0 Å². The number of halogens is 1. The quantitative estimate of drug-likeness (QED) is 0.871. The van der Waals surface area contributed by atoms with Gasteiger partial charge >= 0.3 is 5.69 Å². The molecule has 140 valence electrons. The van der Waals surface area contributed by atoms with Crippen molar-refractivity contribution in [2.45, 2.75) is 45.2 Å². The number of anilines is 1. The Balaban J connectivity index is 1.80. The fraction of sp³-hybridized carbons (Fsp3) is 0.579. The lowest BCUT2D eigenvalue weighted by Gasteiger charge is -2.27. The molecule has 0 amide bonds. The lowest BCUT2D eigenvalue weighted by Crippen LogP contribution is -2.42. The summed E-state index contributed by atoms with van der Waals surface area (Å²) < 4.78 is 16.4. The summed E-state index contributed by atoms with van der Waals surface area (Å²) in [5.41, 5.74) is 5.89. The summed E-state index contributed by atoms with van der Waals surface area (Å²) in [5, 5.41) is 0.224. The van der Waals surface area contributed by atoms with E-state index in [1.165, 1.54) is 6.07 Å². The average Bonchev–Trinajstić information content (AvgIpc) is 3.22. The van der Waals surface area contributed by atoms with Gasteiger partial charge in [-0.05, 0) is 57.1 Å². The zero-order valence-corrected chi connectivity index (χ0v) is 15.2. The van der Waals surface area contributed by atoms with Gasteiger partial charge < -0.3 is 10.6 Å². The maximum atomic E-state index is 14.8. The number of aromatic nitrogens is 2. The minimum Gasteiger partial charge on any atom is -0.369 e. The minimum atomic E-state index is -0.537. The van der Waals surface area contributed by atoms with E-state index < -0.39 is 17.1 Å². The maximum Gasteiger partial charge on any atom is 0.328 e. The summed E-state index contributed by atoms with van der Waals surface area (Å²) in [6.45, 7) is 5.93. The molecule has 0 bridgehead atoms. The van der Waals surface area contributed by atoms with Crippen LogP contribution in [-0.2, 0) is 6.54 Å². The van der Waals surface area contributed by atoms with Crippen LogP contribution in [0.4, 0.5) is 10.1 Å². The van der Waals surface area contributed by atoms with Crippen molar-refractivity contribution in [3.8, 4) is 0 Å². The van der Waals surface area contributed by atoms with Gasteiger partial charge in [-0.1, -0.05) is 0 Å². The Morgan fingerprint density at radius 1 is 1.27 bits per heavy atom. The molecule has 1 aliphatic heterocycles. The number of hydrogen-bond donors (Lipinski definition) is 2. The van der Waals surface area contributed by atoms with Crippen LogP contribution in [0.2, 0.25) is 0 Å². The van der Waals surface area contributed by atoms with E-state index in [0.29, 0.717) is 36.8 Å². The molecule has 2 aliphatic rings. The molecule has 2 fully saturated rings. The highest BCUT2D eigenvalue weighted by Gasteiger charge is 2.33. The smallest absolute Gasteiger partial charge is 0.328 e. The van der Waals surface area contributed by atoms with Crippen LogP contribution in [-0.4, -0.2) is 28.2 Å². The van der Waals surface area contributed by atoms with E-state index in [2.05, 4.69) is 4.98 Å². The van der Waals surface area contributed by atoms with Crippen LogP contribution in [0.5, 0.6) is 0 Å². The maximum absolute atomic E-state index is 14.8. The normalized spacial score (nSPS) is 20.9. The first kappa shape index (κ1) is 17.3. The Morgan fingerprint density at radius 3 is 2.62 bits per heavy atom. The molecule has 1 aromatic heterocycles. The third-order valence-corrected chi connectivity index (χ3v) is 5.79. The number of nitrogens with one attached hydrogen (secondary N) is 1. The molecule has 1 aliphatic carbocycles. The molecule has 0 spiro atoms. The number of nitrogens with two attached hydrogens (primary N) is 1. The second kappa shape index (κ2) is 5.94. The van der Waals surface area contributed by atoms with Crippen molar-refractivity contribution in [2.24, 2.45) is 17.6 Å². The Bertz CT molecular complexity index is 968. The van der Waals surface area contributed by atoms with Gasteiger partial charge in [-0.2, -0.15) is 0 Å². The minimum absolute atomic E-state index is 0.224. The van der Waals surface area contributed by atoms with Crippen LogP contribution in [0.1, 0.15) is 33.1 Å². The van der Waals surface area contributed by atoms with Crippen molar-refractivity contribution in [3.05, 3.63) is 38.8 Å². The highest BCUT2D eigenvalue weighted by molar-refractivity contribution is 5.82. The summed E-state index contributed by atoms with van der Waals surface area (Å²) in [5.74, 6) is 0.296. The fourth-order valence-electron chi connectivity index (χ4n) is 3.87. The molecular weight excluding hydrogens is 335 g/mol. The third kappa shape index (κ3) is 3.05. The molecule has 0 radical (unpaired) electrons. The van der Waals surface area contributed by atoms with Gasteiger partial charge in [0.15, 0.2) is 0 Å². The van der Waals surface area contributed by atoms with E-state index >= 15 is 0 Å². The van der Waals surface area contributed by atoms with Gasteiger partial charge in [-0.3, -0.25) is 14.3 Å². The van der Waals surface area contributed by atoms with Gasteiger partial charge in [-0.15, -0.1) is 0 Å². The molecule has 1 saturated carbocycles.